The molecule has 28 heavy (non-hydrogen) atoms. The molecular weight excluding hydrogens is 578 g/mol. The molecular formula is C21H34Br2N2O2Pd. The van der Waals surface area contributed by atoms with Crippen molar-refractivity contribution in [1.29, 1.82) is 0 Å². The van der Waals surface area contributed by atoms with Gasteiger partial charge in [0.1, 0.15) is 11.2 Å². The Morgan fingerprint density at radius 1 is 0.750 bits per heavy atom. The van der Waals surface area contributed by atoms with Crippen molar-refractivity contribution in [2.75, 3.05) is 0 Å². The molecule has 2 heterocycles. The van der Waals surface area contributed by atoms with Crippen LogP contribution in [0.3, 0.4) is 0 Å². The van der Waals surface area contributed by atoms with Gasteiger partial charge in [0.15, 0.2) is 11.8 Å². The summed E-state index contributed by atoms with van der Waals surface area (Å²) < 4.78 is 13.0. The second kappa shape index (κ2) is 10.2. The van der Waals surface area contributed by atoms with Gasteiger partial charge >= 0.3 is 20.4 Å². The minimum absolute atomic E-state index is 0. The fraction of sp³-hybridized carbons (Fsp3) is 0.905. The molecule has 2 aliphatic carbocycles. The van der Waals surface area contributed by atoms with E-state index in [1.807, 2.05) is 0 Å². The number of rotatable bonds is 4. The van der Waals surface area contributed by atoms with Gasteiger partial charge in [-0.05, 0) is 63.2 Å². The molecule has 4 rings (SSSR count). The number of hydrogen-bond donors (Lipinski definition) is 0. The zero-order valence-corrected chi connectivity index (χ0v) is 22.2. The Balaban J connectivity index is 0.00000131. The van der Waals surface area contributed by atoms with E-state index in [-0.39, 0.29) is 65.6 Å². The van der Waals surface area contributed by atoms with Crippen LogP contribution in [0.4, 0.5) is 0 Å². The number of halogens is 2. The second-order valence-corrected chi connectivity index (χ2v) is 9.35. The Hall–Kier alpha value is 0.562. The third-order valence-electron chi connectivity index (χ3n) is 6.75. The molecule has 7 heteroatoms. The van der Waals surface area contributed by atoms with Crippen LogP contribution >= 0.6 is 0 Å². The van der Waals surface area contributed by atoms with Crippen LogP contribution in [0.25, 0.3) is 0 Å². The largest absolute Gasteiger partial charge is 2.00 e. The summed E-state index contributed by atoms with van der Waals surface area (Å²) in [5.41, 5.74) is -0.0731. The van der Waals surface area contributed by atoms with Gasteiger partial charge in [0, 0.05) is 0 Å². The van der Waals surface area contributed by atoms with E-state index >= 15 is 0 Å². The third kappa shape index (κ3) is 4.73. The first-order chi connectivity index (χ1) is 11.9. The monoisotopic (exact) mass is 610 g/mol. The molecule has 2 atom stereocenters. The van der Waals surface area contributed by atoms with Gasteiger partial charge < -0.3 is 43.4 Å². The average molecular weight is 613 g/mol. The summed E-state index contributed by atoms with van der Waals surface area (Å²) in [6.45, 7) is 9.08. The van der Waals surface area contributed by atoms with E-state index < -0.39 is 0 Å². The molecule has 0 aromatic heterocycles. The van der Waals surface area contributed by atoms with E-state index in [2.05, 4.69) is 27.7 Å². The second-order valence-electron chi connectivity index (χ2n) is 9.35. The van der Waals surface area contributed by atoms with Crippen LogP contribution in [0.15, 0.2) is 9.98 Å². The first-order valence-electron chi connectivity index (χ1n) is 10.5. The van der Waals surface area contributed by atoms with E-state index in [0.29, 0.717) is 30.3 Å². The van der Waals surface area contributed by atoms with Crippen molar-refractivity contribution in [3.8, 4) is 0 Å². The summed E-state index contributed by atoms with van der Waals surface area (Å²) in [6.07, 6.45) is 10.3. The average Bonchev–Trinajstić information content (AvgIpc) is 3.31. The van der Waals surface area contributed by atoms with Gasteiger partial charge in [-0.3, -0.25) is 0 Å². The summed E-state index contributed by atoms with van der Waals surface area (Å²) in [5.74, 6) is 2.78. The fourth-order valence-electron chi connectivity index (χ4n) is 5.74. The molecule has 0 N–H and O–H groups in total. The molecule has 164 valence electrons. The van der Waals surface area contributed by atoms with Crippen molar-refractivity contribution in [1.82, 2.24) is 0 Å². The summed E-state index contributed by atoms with van der Waals surface area (Å²) in [6, 6.07) is 0.599. The zero-order chi connectivity index (χ0) is 17.7. The SMILES string of the molecule is CC(C)[C@H]1N=C(CC2=N[C@H](C(C)C)C3(CCCC3)O2)OC12CCCC2.[Br-].[Br-].[Pd+2]. The van der Waals surface area contributed by atoms with E-state index in [1.165, 1.54) is 25.7 Å². The minimum atomic E-state index is -0.0365. The van der Waals surface area contributed by atoms with Crippen molar-refractivity contribution in [3.63, 3.8) is 0 Å². The molecule has 0 aromatic carbocycles. The third-order valence-corrected chi connectivity index (χ3v) is 6.75. The van der Waals surface area contributed by atoms with Crippen molar-refractivity contribution >= 4 is 11.8 Å². The van der Waals surface area contributed by atoms with Crippen LogP contribution in [0.2, 0.25) is 0 Å². The Morgan fingerprint density at radius 3 is 1.36 bits per heavy atom. The van der Waals surface area contributed by atoms with Crippen LogP contribution in [0, 0.1) is 11.8 Å². The maximum absolute atomic E-state index is 6.48. The van der Waals surface area contributed by atoms with Crippen LogP contribution < -0.4 is 34.0 Å². The van der Waals surface area contributed by atoms with Crippen molar-refractivity contribution in [2.45, 2.75) is 109 Å². The number of ether oxygens (including phenoxy) is 2. The molecule has 0 bridgehead atoms. The summed E-state index contributed by atoms with van der Waals surface area (Å²) >= 11 is 0. The Bertz CT molecular complexity index is 533. The number of nitrogens with zero attached hydrogens (tertiary/aromatic N) is 2. The van der Waals surface area contributed by atoms with E-state index in [4.69, 9.17) is 19.5 Å². The molecule has 4 aliphatic rings. The van der Waals surface area contributed by atoms with E-state index in [0.717, 1.165) is 37.5 Å². The molecule has 0 unspecified atom stereocenters. The van der Waals surface area contributed by atoms with Gasteiger partial charge in [-0.1, -0.05) is 27.7 Å². The fourth-order valence-corrected chi connectivity index (χ4v) is 5.74. The van der Waals surface area contributed by atoms with Crippen LogP contribution in [0.1, 0.15) is 85.5 Å². The van der Waals surface area contributed by atoms with Crippen molar-refractivity contribution in [3.05, 3.63) is 0 Å². The van der Waals surface area contributed by atoms with Crippen molar-refractivity contribution in [2.24, 2.45) is 21.8 Å². The summed E-state index contributed by atoms with van der Waals surface area (Å²) in [7, 11) is 0. The number of hydrogen-bond acceptors (Lipinski definition) is 4. The van der Waals surface area contributed by atoms with Gasteiger partial charge in [0.05, 0.1) is 18.5 Å². The number of aliphatic imine (C=N–C) groups is 2. The predicted molar refractivity (Wildman–Crippen MR) is 101 cm³/mol. The first-order valence-corrected chi connectivity index (χ1v) is 10.5. The van der Waals surface area contributed by atoms with Crippen LogP contribution in [-0.2, 0) is 29.9 Å². The zero-order valence-electron chi connectivity index (χ0n) is 17.5. The van der Waals surface area contributed by atoms with Crippen molar-refractivity contribution < 1.29 is 63.9 Å². The quantitative estimate of drug-likeness (QED) is 0.380. The molecule has 0 amide bonds. The maximum atomic E-state index is 6.48. The predicted octanol–water partition coefficient (Wildman–Crippen LogP) is -1.09. The van der Waals surface area contributed by atoms with Gasteiger partial charge in [0.25, 0.3) is 0 Å². The van der Waals surface area contributed by atoms with Gasteiger partial charge in [-0.25, -0.2) is 9.98 Å². The van der Waals surface area contributed by atoms with Crippen LogP contribution in [0.5, 0.6) is 0 Å². The van der Waals surface area contributed by atoms with E-state index in [9.17, 15) is 0 Å². The Kier molecular flexibility index (Phi) is 9.73. The topological polar surface area (TPSA) is 43.2 Å². The standard InChI is InChI=1S/C21H34N2O2.2BrH.Pd/c1-14(2)18-20(9-5-6-10-20)24-16(22-18)13-17-23-19(15(3)4)21(25-17)11-7-8-12-21;;;/h14-15,18-19H,5-13H2,1-4H3;2*1H;/q;;;+2/p-2/t18-,19-;;;/m1.../s1. The molecule has 0 saturated heterocycles. The summed E-state index contributed by atoms with van der Waals surface area (Å²) in [4.78, 5) is 10.0. The Morgan fingerprint density at radius 2 is 1.07 bits per heavy atom. The summed E-state index contributed by atoms with van der Waals surface area (Å²) in [5, 5.41) is 0. The molecule has 2 fully saturated rings. The molecule has 0 radical (unpaired) electrons. The smallest absolute Gasteiger partial charge is 1.00 e. The minimum Gasteiger partial charge on any atom is -1.00 e. The maximum Gasteiger partial charge on any atom is 2.00 e. The molecule has 2 spiro atoms. The molecule has 2 aliphatic heterocycles. The van der Waals surface area contributed by atoms with E-state index in [1.54, 1.807) is 0 Å². The van der Waals surface area contributed by atoms with Crippen LogP contribution in [-0.4, -0.2) is 35.1 Å². The first kappa shape index (κ1) is 26.6. The molecule has 2 saturated carbocycles. The van der Waals surface area contributed by atoms with Gasteiger partial charge in [0.2, 0.25) is 0 Å². The molecule has 4 nitrogen and oxygen atoms in total. The van der Waals surface area contributed by atoms with Gasteiger partial charge in [-0.2, -0.15) is 0 Å². The van der Waals surface area contributed by atoms with Gasteiger partial charge in [-0.15, -0.1) is 0 Å². The Labute approximate surface area is 205 Å². The molecule has 0 aromatic rings. The normalized spacial score (nSPS) is 29.1.